The average Bonchev–Trinajstić information content (AvgIpc) is 2.84. The summed E-state index contributed by atoms with van der Waals surface area (Å²) in [5.74, 6) is 0.538. The molecule has 0 radical (unpaired) electrons. The Morgan fingerprint density at radius 2 is 2.21 bits per heavy atom. The van der Waals surface area contributed by atoms with Crippen LogP contribution in [0.25, 0.3) is 0 Å². The van der Waals surface area contributed by atoms with E-state index in [1.165, 1.54) is 32.4 Å². The fourth-order valence-corrected chi connectivity index (χ4v) is 3.58. The van der Waals surface area contributed by atoms with Crippen LogP contribution in [0.5, 0.6) is 0 Å². The van der Waals surface area contributed by atoms with Crippen molar-refractivity contribution in [3.63, 3.8) is 0 Å². The van der Waals surface area contributed by atoms with Gasteiger partial charge in [0.1, 0.15) is 0 Å². The molecule has 1 fully saturated rings. The number of nitrogens with one attached hydrogen (secondary N) is 1. The lowest BCUT2D eigenvalue weighted by Gasteiger charge is -2.29. The summed E-state index contributed by atoms with van der Waals surface area (Å²) < 4.78 is 0.999. The highest BCUT2D eigenvalue weighted by atomic mass is 79.9. The summed E-state index contributed by atoms with van der Waals surface area (Å²) in [5, 5.41) is 4.91. The van der Waals surface area contributed by atoms with Crippen molar-refractivity contribution < 1.29 is 4.79 Å². The molecule has 19 heavy (non-hydrogen) atoms. The second-order valence-corrected chi connectivity index (χ2v) is 7.61. The SMILES string of the molecule is CC(CNC(=O)c1csc(Br)c1)CN1CCCCC1. The molecule has 0 saturated carbocycles. The number of rotatable bonds is 5. The maximum atomic E-state index is 11.9. The van der Waals surface area contributed by atoms with Gasteiger partial charge in [-0.15, -0.1) is 11.3 Å². The van der Waals surface area contributed by atoms with Crippen LogP contribution in [0.15, 0.2) is 15.2 Å². The summed E-state index contributed by atoms with van der Waals surface area (Å²) in [6.45, 7) is 6.49. The highest BCUT2D eigenvalue weighted by molar-refractivity contribution is 9.11. The number of halogens is 1. The van der Waals surface area contributed by atoms with E-state index < -0.39 is 0 Å². The molecule has 0 aliphatic carbocycles. The van der Waals surface area contributed by atoms with E-state index in [4.69, 9.17) is 0 Å². The molecule has 1 N–H and O–H groups in total. The molecule has 0 spiro atoms. The lowest BCUT2D eigenvalue weighted by atomic mass is 10.1. The number of thiophene rings is 1. The van der Waals surface area contributed by atoms with Crippen molar-refractivity contribution in [2.45, 2.75) is 26.2 Å². The molecule has 1 atom stereocenters. The molecule has 106 valence electrons. The van der Waals surface area contributed by atoms with Crippen molar-refractivity contribution >= 4 is 33.2 Å². The molecule has 1 aromatic heterocycles. The second-order valence-electron chi connectivity index (χ2n) is 5.32. The molecule has 1 saturated heterocycles. The fraction of sp³-hybridized carbons (Fsp3) is 0.643. The normalized spacial score (nSPS) is 18.2. The highest BCUT2D eigenvalue weighted by Gasteiger charge is 2.14. The second kappa shape index (κ2) is 7.41. The van der Waals surface area contributed by atoms with Crippen molar-refractivity contribution in [3.8, 4) is 0 Å². The van der Waals surface area contributed by atoms with Crippen molar-refractivity contribution in [1.82, 2.24) is 10.2 Å². The topological polar surface area (TPSA) is 32.3 Å². The van der Waals surface area contributed by atoms with Crippen LogP contribution < -0.4 is 5.32 Å². The zero-order valence-corrected chi connectivity index (χ0v) is 13.7. The van der Waals surface area contributed by atoms with E-state index in [1.807, 2.05) is 11.4 Å². The number of hydrogen-bond donors (Lipinski definition) is 1. The minimum absolute atomic E-state index is 0.0347. The predicted molar refractivity (Wildman–Crippen MR) is 83.8 cm³/mol. The van der Waals surface area contributed by atoms with Crippen molar-refractivity contribution in [3.05, 3.63) is 20.8 Å². The summed E-state index contributed by atoms with van der Waals surface area (Å²) in [4.78, 5) is 14.4. The molecule has 0 bridgehead atoms. The number of likely N-dealkylation sites (tertiary alicyclic amines) is 1. The van der Waals surface area contributed by atoms with E-state index in [2.05, 4.69) is 33.1 Å². The highest BCUT2D eigenvalue weighted by Crippen LogP contribution is 2.20. The van der Waals surface area contributed by atoms with Crippen LogP contribution in [0.1, 0.15) is 36.5 Å². The number of amides is 1. The van der Waals surface area contributed by atoms with E-state index >= 15 is 0 Å². The van der Waals surface area contributed by atoms with Gasteiger partial charge in [0, 0.05) is 18.5 Å². The first kappa shape index (κ1) is 15.0. The fourth-order valence-electron chi connectivity index (χ4n) is 2.45. The monoisotopic (exact) mass is 344 g/mol. The smallest absolute Gasteiger partial charge is 0.252 e. The van der Waals surface area contributed by atoms with Gasteiger partial charge >= 0.3 is 0 Å². The Kier molecular flexibility index (Phi) is 5.85. The van der Waals surface area contributed by atoms with Gasteiger partial charge in [-0.2, -0.15) is 0 Å². The van der Waals surface area contributed by atoms with Gasteiger partial charge in [0.2, 0.25) is 0 Å². The maximum Gasteiger partial charge on any atom is 0.252 e. The van der Waals surface area contributed by atoms with Crippen LogP contribution in [0.4, 0.5) is 0 Å². The van der Waals surface area contributed by atoms with Gasteiger partial charge in [0.25, 0.3) is 5.91 Å². The molecule has 1 aliphatic rings. The predicted octanol–water partition coefficient (Wildman–Crippen LogP) is 3.36. The number of piperidine rings is 1. The van der Waals surface area contributed by atoms with Crippen LogP contribution in [0.2, 0.25) is 0 Å². The summed E-state index contributed by atoms with van der Waals surface area (Å²) in [6, 6.07) is 1.87. The third-order valence-corrected chi connectivity index (χ3v) is 4.96. The Morgan fingerprint density at radius 3 is 2.84 bits per heavy atom. The van der Waals surface area contributed by atoms with E-state index in [0.717, 1.165) is 22.4 Å². The van der Waals surface area contributed by atoms with E-state index in [1.54, 1.807) is 11.3 Å². The Balaban J connectivity index is 1.70. The van der Waals surface area contributed by atoms with Crippen molar-refractivity contribution in [2.75, 3.05) is 26.2 Å². The Labute approximate surface area is 127 Å². The first-order valence-electron chi connectivity index (χ1n) is 6.90. The first-order chi connectivity index (χ1) is 9.15. The van der Waals surface area contributed by atoms with Crippen LogP contribution in [0.3, 0.4) is 0 Å². The van der Waals surface area contributed by atoms with Crippen LogP contribution in [-0.4, -0.2) is 37.0 Å². The van der Waals surface area contributed by atoms with Crippen LogP contribution >= 0.6 is 27.3 Å². The number of carbonyl (C=O) groups excluding carboxylic acids is 1. The van der Waals surface area contributed by atoms with Gasteiger partial charge in [-0.3, -0.25) is 4.79 Å². The minimum Gasteiger partial charge on any atom is -0.352 e. The molecule has 2 rings (SSSR count). The summed E-state index contributed by atoms with van der Waals surface area (Å²) in [5.41, 5.74) is 0.752. The minimum atomic E-state index is 0.0347. The lowest BCUT2D eigenvalue weighted by molar-refractivity contribution is 0.0943. The van der Waals surface area contributed by atoms with Gasteiger partial charge in [-0.25, -0.2) is 0 Å². The van der Waals surface area contributed by atoms with Gasteiger partial charge in [0.15, 0.2) is 0 Å². The quantitative estimate of drug-likeness (QED) is 0.888. The van der Waals surface area contributed by atoms with Gasteiger partial charge < -0.3 is 10.2 Å². The molecule has 3 nitrogen and oxygen atoms in total. The maximum absolute atomic E-state index is 11.9. The molecule has 1 aromatic rings. The van der Waals surface area contributed by atoms with E-state index in [9.17, 15) is 4.79 Å². The zero-order chi connectivity index (χ0) is 13.7. The molecule has 2 heterocycles. The first-order valence-corrected chi connectivity index (χ1v) is 8.57. The Hall–Kier alpha value is -0.390. The zero-order valence-electron chi connectivity index (χ0n) is 11.3. The van der Waals surface area contributed by atoms with Crippen LogP contribution in [-0.2, 0) is 0 Å². The standard InChI is InChI=1S/C14H21BrN2OS/c1-11(9-17-5-3-2-4-6-17)8-16-14(18)12-7-13(15)19-10-12/h7,10-11H,2-6,8-9H2,1H3,(H,16,18). The summed E-state index contributed by atoms with van der Waals surface area (Å²) in [6.07, 6.45) is 4.01. The molecule has 5 heteroatoms. The molecular formula is C14H21BrN2OS. The number of nitrogens with zero attached hydrogens (tertiary/aromatic N) is 1. The van der Waals surface area contributed by atoms with E-state index in [0.29, 0.717) is 5.92 Å². The number of hydrogen-bond acceptors (Lipinski definition) is 3. The molecular weight excluding hydrogens is 324 g/mol. The summed E-state index contributed by atoms with van der Waals surface area (Å²) >= 11 is 4.92. The lowest BCUT2D eigenvalue weighted by Crippen LogP contribution is -2.37. The third-order valence-electron chi connectivity index (χ3n) is 3.46. The average molecular weight is 345 g/mol. The van der Waals surface area contributed by atoms with Gasteiger partial charge in [-0.05, 0) is 53.8 Å². The van der Waals surface area contributed by atoms with Gasteiger partial charge in [-0.1, -0.05) is 13.3 Å². The van der Waals surface area contributed by atoms with E-state index in [-0.39, 0.29) is 5.91 Å². The summed E-state index contributed by atoms with van der Waals surface area (Å²) in [7, 11) is 0. The Morgan fingerprint density at radius 1 is 1.47 bits per heavy atom. The molecule has 0 aromatic carbocycles. The molecule has 1 amide bonds. The largest absolute Gasteiger partial charge is 0.352 e. The number of carbonyl (C=O) groups is 1. The Bertz CT molecular complexity index is 415. The molecule has 1 aliphatic heterocycles. The third kappa shape index (κ3) is 4.89. The van der Waals surface area contributed by atoms with Crippen molar-refractivity contribution in [2.24, 2.45) is 5.92 Å². The molecule has 1 unspecified atom stereocenters. The van der Waals surface area contributed by atoms with Gasteiger partial charge in [0.05, 0.1) is 9.35 Å². The van der Waals surface area contributed by atoms with Crippen molar-refractivity contribution in [1.29, 1.82) is 0 Å². The van der Waals surface area contributed by atoms with Crippen LogP contribution in [0, 0.1) is 5.92 Å².